The summed E-state index contributed by atoms with van der Waals surface area (Å²) in [6.07, 6.45) is 0. The summed E-state index contributed by atoms with van der Waals surface area (Å²) in [7, 11) is 0. The molecule has 1 fully saturated rings. The first kappa shape index (κ1) is 3.96. The van der Waals surface area contributed by atoms with Gasteiger partial charge < -0.3 is 10.2 Å². The smallest absolute Gasteiger partial charge is 0.309 e. The normalized spacial score (nSPS) is 46.8. The van der Waals surface area contributed by atoms with Crippen LogP contribution in [0.15, 0.2) is 0 Å². The standard InChI is InChI=1S/C10H16NO5/c1-9(2)5(7(12)13)6(8(14)15)10(3,4)11(9)16/h5-6H,1-4H3,(H,12,13)(H,14,15)/i1D3,2D3,3D3,4D3,11+1. The predicted octanol–water partition coefficient (Wildman–Crippen LogP) is 0.606. The molecule has 0 saturated carbocycles. The third-order valence-electron chi connectivity index (χ3n) is 2.41. The molecule has 0 bridgehead atoms. The Morgan fingerprint density at radius 2 is 1.38 bits per heavy atom. The van der Waals surface area contributed by atoms with Crippen LogP contribution < -0.4 is 0 Å². The van der Waals surface area contributed by atoms with Crippen LogP contribution in [0, 0.1) is 11.8 Å². The topological polar surface area (TPSA) is 97.7 Å². The van der Waals surface area contributed by atoms with Crippen molar-refractivity contribution in [3.05, 3.63) is 0 Å². The van der Waals surface area contributed by atoms with Crippen molar-refractivity contribution in [2.24, 2.45) is 11.8 Å². The number of hydrogen-bond acceptors (Lipinski definition) is 3. The van der Waals surface area contributed by atoms with Gasteiger partial charge in [-0.3, -0.25) is 9.59 Å². The van der Waals surface area contributed by atoms with Gasteiger partial charge >= 0.3 is 11.9 Å². The minimum Gasteiger partial charge on any atom is -0.481 e. The van der Waals surface area contributed by atoms with Crippen LogP contribution >= 0.6 is 0 Å². The zero-order chi connectivity index (χ0) is 22.9. The Hall–Kier alpha value is -1.14. The average molecular weight is 243 g/mol. The van der Waals surface area contributed by atoms with Crippen LogP contribution in [0.3, 0.4) is 0 Å². The molecule has 6 nitrogen and oxygen atoms in total. The lowest BCUT2D eigenvalue weighted by Gasteiger charge is -2.32. The highest BCUT2D eigenvalue weighted by molar-refractivity contribution is 5.83. The van der Waals surface area contributed by atoms with Crippen LogP contribution in [0.1, 0.15) is 43.9 Å². The summed E-state index contributed by atoms with van der Waals surface area (Å²) in [5.74, 6) is -11.3. The van der Waals surface area contributed by atoms with Gasteiger partial charge in [-0.15, -0.1) is 10.3 Å². The summed E-state index contributed by atoms with van der Waals surface area (Å²) in [6.45, 7) is -16.4. The highest BCUT2D eigenvalue weighted by atomic mass is 16.8. The zero-order valence-electron chi connectivity index (χ0n) is 19.7. The molecule has 0 spiro atoms. The van der Waals surface area contributed by atoms with E-state index in [9.17, 15) is 25.0 Å². The number of hydrogen-bond donors (Lipinski definition) is 2. The Morgan fingerprint density at radius 1 is 1.06 bits per heavy atom. The van der Waals surface area contributed by atoms with Gasteiger partial charge in [0, 0.05) is 16.4 Å². The molecular weight excluding hydrogens is 215 g/mol. The maximum Gasteiger partial charge on any atom is 0.309 e. The predicted molar refractivity (Wildman–Crippen MR) is 52.9 cm³/mol. The average Bonchev–Trinajstić information content (AvgIpc) is 2.63. The first-order valence-corrected chi connectivity index (χ1v) is 3.97. The van der Waals surface area contributed by atoms with E-state index in [-0.39, 0.29) is 0 Å². The fourth-order valence-corrected chi connectivity index (χ4v) is 1.66. The van der Waals surface area contributed by atoms with E-state index in [4.69, 9.17) is 16.4 Å². The molecule has 2 unspecified atom stereocenters. The number of aliphatic carboxylic acids is 2. The number of rotatable bonds is 2. The molecule has 91 valence electrons. The van der Waals surface area contributed by atoms with Gasteiger partial charge in [-0.25, -0.2) is 0 Å². The fourth-order valence-electron chi connectivity index (χ4n) is 1.66. The molecule has 16 heavy (non-hydrogen) atoms. The first-order chi connectivity index (χ1) is 12.0. The highest BCUT2D eigenvalue weighted by Crippen LogP contribution is 2.48. The molecule has 1 rings (SSSR count). The van der Waals surface area contributed by atoms with Crippen molar-refractivity contribution in [3.8, 4) is 0 Å². The summed E-state index contributed by atoms with van der Waals surface area (Å²) in [4.78, 5) is 23.6. The van der Waals surface area contributed by atoms with E-state index in [0.717, 1.165) is 0 Å². The van der Waals surface area contributed by atoms with E-state index in [2.05, 4.69) is 0 Å². The molecule has 1 saturated heterocycles. The van der Waals surface area contributed by atoms with Crippen molar-refractivity contribution in [1.82, 2.24) is 5.06 Å². The highest BCUT2D eigenvalue weighted by Gasteiger charge is 2.64. The lowest BCUT2D eigenvalue weighted by Crippen LogP contribution is -2.48. The largest absolute Gasteiger partial charge is 0.481 e. The molecule has 0 aromatic rings. The molecule has 1 aliphatic rings. The molecule has 0 aromatic carbocycles. The van der Waals surface area contributed by atoms with Gasteiger partial charge in [-0.1, -0.05) is 0 Å². The van der Waals surface area contributed by atoms with Crippen LogP contribution in [-0.2, 0) is 14.8 Å². The SMILES string of the molecule is [2H]C([2H])([2H])C1(C([2H])([2H])[2H])C(C(=O)O)C(C(=O)O)C(C([2H])([2H])[2H])(C([2H])([2H])[2H])[15N]1[O]. The van der Waals surface area contributed by atoms with E-state index in [1.807, 2.05) is 0 Å². The van der Waals surface area contributed by atoms with E-state index in [0.29, 0.717) is 0 Å². The molecule has 1 aliphatic heterocycles. The van der Waals surface area contributed by atoms with Crippen molar-refractivity contribution in [1.29, 1.82) is 0 Å². The van der Waals surface area contributed by atoms with E-state index in [1.165, 1.54) is 0 Å². The Kier molecular flexibility index (Phi) is 0.848. The van der Waals surface area contributed by atoms with Crippen LogP contribution in [-0.4, -0.2) is 38.3 Å². The molecule has 6 heteroatoms. The van der Waals surface area contributed by atoms with Crippen LogP contribution in [0.5, 0.6) is 0 Å². The number of nitrogens with zero attached hydrogens (tertiary/aromatic N) is 1. The van der Waals surface area contributed by atoms with Crippen molar-refractivity contribution in [2.75, 3.05) is 0 Å². The Bertz CT molecular complexity index is 578. The van der Waals surface area contributed by atoms with Gasteiger partial charge in [-0.05, 0) is 27.4 Å². The van der Waals surface area contributed by atoms with Gasteiger partial charge in [0.15, 0.2) is 0 Å². The van der Waals surface area contributed by atoms with Crippen molar-refractivity contribution < 1.29 is 41.5 Å². The maximum atomic E-state index is 13.1. The van der Waals surface area contributed by atoms with Crippen LogP contribution in [0.25, 0.3) is 0 Å². The van der Waals surface area contributed by atoms with Gasteiger partial charge in [0.1, 0.15) is 0 Å². The monoisotopic (exact) mass is 243 g/mol. The second-order valence-corrected chi connectivity index (χ2v) is 3.46. The zero-order valence-corrected chi connectivity index (χ0v) is 7.72. The summed E-state index contributed by atoms with van der Waals surface area (Å²) in [5, 5.41) is 30.8. The molecule has 0 amide bonds. The minimum atomic E-state index is -4.16. The number of carbonyl (C=O) groups is 2. The van der Waals surface area contributed by atoms with Gasteiger partial charge in [0.2, 0.25) is 0 Å². The molecular formula is C10H16NO5. The Balaban J connectivity index is 4.37. The molecule has 0 aromatic heterocycles. The third-order valence-corrected chi connectivity index (χ3v) is 2.41. The van der Waals surface area contributed by atoms with Crippen LogP contribution in [0.4, 0.5) is 0 Å². The summed E-state index contributed by atoms with van der Waals surface area (Å²) in [5.41, 5.74) is -8.31. The molecule has 0 aliphatic carbocycles. The van der Waals surface area contributed by atoms with E-state index >= 15 is 0 Å². The third kappa shape index (κ3) is 1.49. The summed E-state index contributed by atoms with van der Waals surface area (Å²) >= 11 is 0. The lowest BCUT2D eigenvalue weighted by molar-refractivity contribution is -0.251. The first-order valence-electron chi connectivity index (χ1n) is 9.97. The van der Waals surface area contributed by atoms with Gasteiger partial charge in [0.25, 0.3) is 0 Å². The number of carboxylic acids is 2. The molecule has 1 radical (unpaired) electrons. The van der Waals surface area contributed by atoms with Gasteiger partial charge in [0.05, 0.1) is 22.9 Å². The van der Waals surface area contributed by atoms with Gasteiger partial charge in [-0.2, -0.15) is 0 Å². The van der Waals surface area contributed by atoms with Crippen molar-refractivity contribution in [3.63, 3.8) is 0 Å². The fraction of sp³-hybridized carbons (Fsp3) is 0.800. The minimum absolute atomic E-state index is 1.32. The summed E-state index contributed by atoms with van der Waals surface area (Å²) in [6, 6.07) is 0. The Labute approximate surface area is 110 Å². The van der Waals surface area contributed by atoms with Crippen molar-refractivity contribution >= 4 is 11.9 Å². The van der Waals surface area contributed by atoms with Crippen LogP contribution in [0.2, 0.25) is 0 Å². The number of hydroxylamine groups is 2. The van der Waals surface area contributed by atoms with Crippen molar-refractivity contribution in [2.45, 2.75) is 38.5 Å². The quantitative estimate of drug-likeness (QED) is 0.692. The number of carboxylic acid groups (broad SMARTS) is 2. The van der Waals surface area contributed by atoms with E-state index in [1.54, 1.807) is 0 Å². The Morgan fingerprint density at radius 3 is 1.56 bits per heavy atom. The molecule has 2 atom stereocenters. The van der Waals surface area contributed by atoms with E-state index < -0.39 is 67.3 Å². The molecule has 1 heterocycles. The summed E-state index contributed by atoms with van der Waals surface area (Å²) < 4.78 is 90.1. The second-order valence-electron chi connectivity index (χ2n) is 3.46. The maximum absolute atomic E-state index is 13.1. The second kappa shape index (κ2) is 3.43. The lowest BCUT2D eigenvalue weighted by atomic mass is 9.77. The molecule has 2 N–H and O–H groups in total.